The molecule has 7 heteroatoms. The zero-order chi connectivity index (χ0) is 14.7. The molecule has 0 radical (unpaired) electrons. The number of thioether (sulfide) groups is 1. The topological polar surface area (TPSA) is 80.0 Å². The van der Waals surface area contributed by atoms with Gasteiger partial charge in [0.2, 0.25) is 5.91 Å². The molecule has 2 fully saturated rings. The van der Waals surface area contributed by atoms with Gasteiger partial charge in [-0.3, -0.25) is 4.79 Å². The first kappa shape index (κ1) is 14.8. The lowest BCUT2D eigenvalue weighted by Crippen LogP contribution is -2.33. The molecular formula is C14H22N4O2S. The summed E-state index contributed by atoms with van der Waals surface area (Å²) >= 11 is 1.45. The van der Waals surface area contributed by atoms with E-state index in [0.717, 1.165) is 37.4 Å². The fourth-order valence-corrected chi connectivity index (χ4v) is 3.54. The number of carbonyl (C=O) groups excluding carboxylic acids is 1. The van der Waals surface area contributed by atoms with Gasteiger partial charge in [-0.05, 0) is 44.4 Å². The standard InChI is InChI=1S/C14H22N4O2S/c19-12-5-1-10(2-6-12)7-15-13(20)8-21-14-17-16-9-18(14)11-3-4-11/h9-12,19H,1-8H2,(H,15,20). The van der Waals surface area contributed by atoms with Gasteiger partial charge < -0.3 is 15.0 Å². The van der Waals surface area contributed by atoms with E-state index in [9.17, 15) is 9.90 Å². The number of rotatable bonds is 6. The van der Waals surface area contributed by atoms with Gasteiger partial charge in [-0.2, -0.15) is 0 Å². The van der Waals surface area contributed by atoms with Crippen LogP contribution in [0.1, 0.15) is 44.6 Å². The van der Waals surface area contributed by atoms with Crippen molar-refractivity contribution in [3.8, 4) is 0 Å². The van der Waals surface area contributed by atoms with Gasteiger partial charge in [0.25, 0.3) is 0 Å². The van der Waals surface area contributed by atoms with Gasteiger partial charge >= 0.3 is 0 Å². The normalized spacial score (nSPS) is 25.8. The van der Waals surface area contributed by atoms with E-state index < -0.39 is 0 Å². The van der Waals surface area contributed by atoms with Crippen LogP contribution in [-0.4, -0.2) is 44.2 Å². The molecule has 2 saturated carbocycles. The summed E-state index contributed by atoms with van der Waals surface area (Å²) in [6.07, 6.45) is 7.72. The summed E-state index contributed by atoms with van der Waals surface area (Å²) in [5.41, 5.74) is 0. The first-order valence-corrected chi connectivity index (χ1v) is 8.68. The van der Waals surface area contributed by atoms with Crippen LogP contribution < -0.4 is 5.32 Å². The SMILES string of the molecule is O=C(CSc1nncn1C1CC1)NCC1CCC(O)CC1. The fourth-order valence-electron chi connectivity index (χ4n) is 2.73. The van der Waals surface area contributed by atoms with E-state index in [1.54, 1.807) is 6.33 Å². The monoisotopic (exact) mass is 310 g/mol. The Bertz CT molecular complexity index is 481. The van der Waals surface area contributed by atoms with E-state index >= 15 is 0 Å². The summed E-state index contributed by atoms with van der Waals surface area (Å²) < 4.78 is 2.07. The first-order valence-electron chi connectivity index (χ1n) is 7.69. The minimum atomic E-state index is -0.138. The second-order valence-corrected chi connectivity index (χ2v) is 6.96. The highest BCUT2D eigenvalue weighted by atomic mass is 32.2. The van der Waals surface area contributed by atoms with E-state index in [1.165, 1.54) is 24.6 Å². The van der Waals surface area contributed by atoms with Crippen molar-refractivity contribution < 1.29 is 9.90 Å². The third-order valence-electron chi connectivity index (χ3n) is 4.22. The molecule has 2 aliphatic rings. The summed E-state index contributed by atoms with van der Waals surface area (Å²) in [6, 6.07) is 0.541. The van der Waals surface area contributed by atoms with E-state index in [0.29, 0.717) is 17.7 Å². The van der Waals surface area contributed by atoms with Crippen LogP contribution in [0.25, 0.3) is 0 Å². The molecule has 116 valence electrons. The van der Waals surface area contributed by atoms with Crippen LogP contribution in [-0.2, 0) is 4.79 Å². The summed E-state index contributed by atoms with van der Waals surface area (Å²) in [7, 11) is 0. The van der Waals surface area contributed by atoms with E-state index in [1.807, 2.05) is 0 Å². The Morgan fingerprint density at radius 1 is 1.33 bits per heavy atom. The average molecular weight is 310 g/mol. The third-order valence-corrected chi connectivity index (χ3v) is 5.17. The van der Waals surface area contributed by atoms with Gasteiger partial charge in [0.15, 0.2) is 5.16 Å². The maximum atomic E-state index is 11.9. The number of hydrogen-bond acceptors (Lipinski definition) is 5. The Labute approximate surface area is 128 Å². The molecule has 21 heavy (non-hydrogen) atoms. The lowest BCUT2D eigenvalue weighted by molar-refractivity contribution is -0.118. The van der Waals surface area contributed by atoms with Crippen LogP contribution in [0.2, 0.25) is 0 Å². The molecule has 0 aliphatic heterocycles. The molecule has 6 nitrogen and oxygen atoms in total. The molecule has 1 heterocycles. The Kier molecular flexibility index (Phi) is 4.80. The van der Waals surface area contributed by atoms with Crippen molar-refractivity contribution >= 4 is 17.7 Å². The zero-order valence-corrected chi connectivity index (χ0v) is 12.9. The van der Waals surface area contributed by atoms with Crippen molar-refractivity contribution in [1.29, 1.82) is 0 Å². The molecule has 0 saturated heterocycles. The molecule has 1 aromatic heterocycles. The van der Waals surface area contributed by atoms with Crippen LogP contribution in [0.5, 0.6) is 0 Å². The minimum Gasteiger partial charge on any atom is -0.393 e. The molecule has 0 bridgehead atoms. The molecule has 3 rings (SSSR count). The van der Waals surface area contributed by atoms with Gasteiger partial charge in [-0.25, -0.2) is 0 Å². The molecule has 1 aromatic rings. The van der Waals surface area contributed by atoms with Crippen LogP contribution in [0.15, 0.2) is 11.5 Å². The Hall–Kier alpha value is -1.08. The molecule has 0 atom stereocenters. The van der Waals surface area contributed by atoms with Crippen molar-refractivity contribution in [2.45, 2.75) is 55.8 Å². The largest absolute Gasteiger partial charge is 0.393 e. The van der Waals surface area contributed by atoms with Crippen LogP contribution in [0, 0.1) is 5.92 Å². The number of nitrogens with zero attached hydrogens (tertiary/aromatic N) is 3. The highest BCUT2D eigenvalue weighted by molar-refractivity contribution is 7.99. The van der Waals surface area contributed by atoms with Crippen LogP contribution >= 0.6 is 11.8 Å². The van der Waals surface area contributed by atoms with Crippen molar-refractivity contribution in [2.75, 3.05) is 12.3 Å². The maximum Gasteiger partial charge on any atom is 0.230 e. The predicted molar refractivity (Wildman–Crippen MR) is 80.0 cm³/mol. The molecule has 0 unspecified atom stereocenters. The third kappa shape index (κ3) is 4.20. The van der Waals surface area contributed by atoms with Crippen LogP contribution in [0.3, 0.4) is 0 Å². The first-order chi connectivity index (χ1) is 10.2. The van der Waals surface area contributed by atoms with Crippen molar-refractivity contribution in [2.24, 2.45) is 5.92 Å². The summed E-state index contributed by atoms with van der Waals surface area (Å²) in [5.74, 6) is 0.953. The number of carbonyl (C=O) groups is 1. The number of aromatic nitrogens is 3. The number of aliphatic hydroxyl groups is 1. The highest BCUT2D eigenvalue weighted by Gasteiger charge is 2.26. The Balaban J connectivity index is 1.37. The molecule has 0 spiro atoms. The Morgan fingerprint density at radius 3 is 2.81 bits per heavy atom. The maximum absolute atomic E-state index is 11.9. The molecule has 2 aliphatic carbocycles. The highest BCUT2D eigenvalue weighted by Crippen LogP contribution is 2.37. The predicted octanol–water partition coefficient (Wildman–Crippen LogP) is 1.37. The second kappa shape index (κ2) is 6.79. The summed E-state index contributed by atoms with van der Waals surface area (Å²) in [6.45, 7) is 0.724. The quantitative estimate of drug-likeness (QED) is 0.776. The van der Waals surface area contributed by atoms with E-state index in [2.05, 4.69) is 20.1 Å². The van der Waals surface area contributed by atoms with Gasteiger partial charge in [0.1, 0.15) is 6.33 Å². The number of amides is 1. The molecular weight excluding hydrogens is 288 g/mol. The lowest BCUT2D eigenvalue weighted by atomic mass is 9.87. The van der Waals surface area contributed by atoms with E-state index in [-0.39, 0.29) is 12.0 Å². The van der Waals surface area contributed by atoms with Crippen LogP contribution in [0.4, 0.5) is 0 Å². The lowest BCUT2D eigenvalue weighted by Gasteiger charge is -2.25. The number of hydrogen-bond donors (Lipinski definition) is 2. The van der Waals surface area contributed by atoms with Crippen molar-refractivity contribution in [3.05, 3.63) is 6.33 Å². The molecule has 0 aromatic carbocycles. The van der Waals surface area contributed by atoms with Gasteiger partial charge in [0, 0.05) is 12.6 Å². The number of nitrogens with one attached hydrogen (secondary N) is 1. The summed E-state index contributed by atoms with van der Waals surface area (Å²) in [4.78, 5) is 11.9. The van der Waals surface area contributed by atoms with Gasteiger partial charge in [-0.1, -0.05) is 11.8 Å². The van der Waals surface area contributed by atoms with Crippen molar-refractivity contribution in [1.82, 2.24) is 20.1 Å². The zero-order valence-electron chi connectivity index (χ0n) is 12.1. The summed E-state index contributed by atoms with van der Waals surface area (Å²) in [5, 5.41) is 21.3. The van der Waals surface area contributed by atoms with E-state index in [4.69, 9.17) is 0 Å². The average Bonchev–Trinajstić information content (AvgIpc) is 3.23. The van der Waals surface area contributed by atoms with Crippen molar-refractivity contribution in [3.63, 3.8) is 0 Å². The smallest absolute Gasteiger partial charge is 0.230 e. The minimum absolute atomic E-state index is 0.0523. The number of aliphatic hydroxyl groups excluding tert-OH is 1. The second-order valence-electron chi connectivity index (χ2n) is 6.02. The fraction of sp³-hybridized carbons (Fsp3) is 0.786. The Morgan fingerprint density at radius 2 is 2.10 bits per heavy atom. The van der Waals surface area contributed by atoms with Gasteiger partial charge in [0.05, 0.1) is 11.9 Å². The van der Waals surface area contributed by atoms with Gasteiger partial charge in [-0.15, -0.1) is 10.2 Å². The molecule has 1 amide bonds. The molecule has 2 N–H and O–H groups in total.